The van der Waals surface area contributed by atoms with Crippen LogP contribution in [0, 0.1) is 0 Å². The molecule has 1 aliphatic heterocycles. The quantitative estimate of drug-likeness (QED) is 0.216. The van der Waals surface area contributed by atoms with E-state index < -0.39 is 57.0 Å². The summed E-state index contributed by atoms with van der Waals surface area (Å²) in [5, 5.41) is 9.88. The van der Waals surface area contributed by atoms with E-state index in [0.29, 0.717) is 24.0 Å². The number of amides is 3. The Morgan fingerprint density at radius 1 is 1.02 bits per heavy atom. The number of carbonyl (C=O) groups is 4. The number of rotatable bonds is 12. The number of carbonyl (C=O) groups excluding carboxylic acids is 3. The number of aliphatic carboxylic acids is 1. The minimum Gasteiger partial charge on any atom is -0.475 e. The molecular weight excluding hydrogens is 695 g/mol. The second-order valence-corrected chi connectivity index (χ2v) is 14.5. The maximum atomic E-state index is 14.1. The molecule has 4 rings (SSSR count). The molecule has 0 radical (unpaired) electrons. The van der Waals surface area contributed by atoms with E-state index in [-0.39, 0.29) is 36.8 Å². The van der Waals surface area contributed by atoms with Crippen molar-refractivity contribution in [2.24, 2.45) is 11.5 Å². The van der Waals surface area contributed by atoms with E-state index in [1.807, 2.05) is 30.3 Å². The van der Waals surface area contributed by atoms with Crippen molar-refractivity contribution in [3.8, 4) is 0 Å². The third-order valence-corrected chi connectivity index (χ3v) is 10.1. The van der Waals surface area contributed by atoms with E-state index in [1.54, 1.807) is 37.8 Å². The first kappa shape index (κ1) is 41.1. The third-order valence-electron chi connectivity index (χ3n) is 8.46. The second kappa shape index (κ2) is 16.8. The number of alkyl halides is 3. The number of hydrogen-bond acceptors (Lipinski definition) is 8. The van der Waals surface area contributed by atoms with Crippen molar-refractivity contribution >= 4 is 38.6 Å². The molecular formula is C34H44F3N5O8S. The maximum Gasteiger partial charge on any atom is 0.490 e. The van der Waals surface area contributed by atoms with Crippen molar-refractivity contribution in [1.82, 2.24) is 14.9 Å². The molecule has 1 aliphatic carbocycles. The Morgan fingerprint density at radius 3 is 2.08 bits per heavy atom. The monoisotopic (exact) mass is 739 g/mol. The molecule has 2 aromatic carbocycles. The van der Waals surface area contributed by atoms with E-state index in [0.717, 1.165) is 24.8 Å². The molecule has 0 aromatic heterocycles. The molecule has 1 fully saturated rings. The van der Waals surface area contributed by atoms with Gasteiger partial charge in [0.05, 0.1) is 29.2 Å². The van der Waals surface area contributed by atoms with Crippen LogP contribution in [0.25, 0.3) is 4.91 Å². The van der Waals surface area contributed by atoms with Gasteiger partial charge in [0.15, 0.2) is 0 Å². The largest absolute Gasteiger partial charge is 0.490 e. The molecule has 0 saturated heterocycles. The lowest BCUT2D eigenvalue weighted by Gasteiger charge is -2.38. The summed E-state index contributed by atoms with van der Waals surface area (Å²) in [6.07, 6.45) is -1.25. The Labute approximate surface area is 294 Å². The van der Waals surface area contributed by atoms with Crippen LogP contribution in [-0.2, 0) is 35.8 Å². The average Bonchev–Trinajstić information content (AvgIpc) is 3.27. The van der Waals surface area contributed by atoms with Gasteiger partial charge < -0.3 is 31.5 Å². The number of carboxylic acid groups (broad SMARTS) is 1. The lowest BCUT2D eigenvalue weighted by molar-refractivity contribution is -0.192. The van der Waals surface area contributed by atoms with Crippen LogP contribution in [0.5, 0.6) is 0 Å². The zero-order valence-electron chi connectivity index (χ0n) is 28.6. The van der Waals surface area contributed by atoms with E-state index in [1.165, 1.54) is 12.1 Å². The number of nitrogens with one attached hydrogen (secondary N) is 2. The van der Waals surface area contributed by atoms with Gasteiger partial charge in [0.2, 0.25) is 27.7 Å². The van der Waals surface area contributed by atoms with Crippen molar-refractivity contribution in [2.45, 2.75) is 82.8 Å². The SMILES string of the molecule is CCN(CC1=C(c2ccc(C(N)=O)cc2)S(=O)(=O)NC12CCCCC2)C(=O)[C@@H](COCc1ccccc1)NC(=O)C(C)(C)N.O=C(O)C(F)(F)F. The molecule has 3 amide bonds. The summed E-state index contributed by atoms with van der Waals surface area (Å²) in [5.74, 6) is -4.30. The topological polar surface area (TPSA) is 211 Å². The van der Waals surface area contributed by atoms with Crippen LogP contribution in [0.1, 0.15) is 74.4 Å². The smallest absolute Gasteiger partial charge is 0.475 e. The Morgan fingerprint density at radius 2 is 1.59 bits per heavy atom. The molecule has 1 atom stereocenters. The van der Waals surface area contributed by atoms with Crippen LogP contribution in [0.4, 0.5) is 13.2 Å². The van der Waals surface area contributed by atoms with Gasteiger partial charge in [0.25, 0.3) is 0 Å². The predicted octanol–water partition coefficient (Wildman–Crippen LogP) is 3.05. The summed E-state index contributed by atoms with van der Waals surface area (Å²) in [6.45, 7) is 5.31. The number of hydrogen-bond donors (Lipinski definition) is 5. The summed E-state index contributed by atoms with van der Waals surface area (Å²) in [4.78, 5) is 49.2. The Bertz CT molecular complexity index is 1700. The molecule has 2 aromatic rings. The first-order valence-electron chi connectivity index (χ1n) is 16.2. The fourth-order valence-corrected chi connectivity index (χ4v) is 7.77. The number of nitrogens with zero attached hydrogens (tertiary/aromatic N) is 1. The molecule has 280 valence electrons. The highest BCUT2D eigenvalue weighted by atomic mass is 32.2. The highest BCUT2D eigenvalue weighted by Gasteiger charge is 2.50. The summed E-state index contributed by atoms with van der Waals surface area (Å²) >= 11 is 0. The molecule has 1 saturated carbocycles. The Balaban J connectivity index is 0.000000908. The van der Waals surface area contributed by atoms with Crippen molar-refractivity contribution in [3.63, 3.8) is 0 Å². The first-order chi connectivity index (χ1) is 23.7. The second-order valence-electron chi connectivity index (χ2n) is 12.9. The molecule has 13 nitrogen and oxygen atoms in total. The number of sulfonamides is 1. The van der Waals surface area contributed by atoms with Crippen molar-refractivity contribution in [3.05, 3.63) is 76.9 Å². The maximum absolute atomic E-state index is 14.1. The summed E-state index contributed by atoms with van der Waals surface area (Å²) in [6, 6.07) is 14.5. The molecule has 51 heavy (non-hydrogen) atoms. The van der Waals surface area contributed by atoms with Gasteiger partial charge >= 0.3 is 12.1 Å². The first-order valence-corrected chi connectivity index (χ1v) is 17.7. The van der Waals surface area contributed by atoms with E-state index in [2.05, 4.69) is 10.0 Å². The van der Waals surface area contributed by atoms with Crippen LogP contribution >= 0.6 is 0 Å². The minimum absolute atomic E-state index is 0.0194. The Kier molecular flexibility index (Phi) is 13.5. The number of ether oxygens (including phenoxy) is 1. The van der Waals surface area contributed by atoms with Gasteiger partial charge in [-0.2, -0.15) is 13.2 Å². The van der Waals surface area contributed by atoms with E-state index in [9.17, 15) is 36.0 Å². The lowest BCUT2D eigenvalue weighted by atomic mass is 9.76. The molecule has 0 unspecified atom stereocenters. The normalized spacial score (nSPS) is 17.2. The standard InChI is InChI=1S/C32H43N5O6S.C2HF3O2/c1-4-37(29(39)26(35-30(40)31(2,3)34)21-43-20-22-11-7-5-8-12-22)19-25-27(23-13-15-24(16-14-23)28(33)38)44(41,42)36-32(25)17-9-6-10-18-32;3-2(4,5)1(6)7/h5,7-8,11-16,26,36H,4,6,9-10,17-21,34H2,1-3H3,(H2,33,38)(H,35,40);(H,6,7)/t26-;/m1./s1. The minimum atomic E-state index is -5.08. The number of carboxylic acids is 1. The van der Waals surface area contributed by atoms with Gasteiger partial charge in [-0.3, -0.25) is 14.4 Å². The molecule has 17 heteroatoms. The third kappa shape index (κ3) is 10.8. The molecule has 2 aliphatic rings. The van der Waals surface area contributed by atoms with Crippen LogP contribution in [-0.4, -0.2) is 85.1 Å². The van der Waals surface area contributed by atoms with E-state index >= 15 is 0 Å². The molecule has 1 spiro atoms. The van der Waals surface area contributed by atoms with Gasteiger partial charge in [-0.25, -0.2) is 17.9 Å². The number of nitrogens with two attached hydrogens (primary N) is 2. The highest BCUT2D eigenvalue weighted by molar-refractivity contribution is 7.99. The fraction of sp³-hybridized carbons (Fsp3) is 0.471. The number of likely N-dealkylation sites (N-methyl/N-ethyl adjacent to an activating group) is 1. The summed E-state index contributed by atoms with van der Waals surface area (Å²) < 4.78 is 68.0. The average molecular weight is 740 g/mol. The highest BCUT2D eigenvalue weighted by Crippen LogP contribution is 2.45. The molecule has 1 heterocycles. The zero-order chi connectivity index (χ0) is 38.2. The van der Waals surface area contributed by atoms with Crippen LogP contribution in [0.3, 0.4) is 0 Å². The lowest BCUT2D eigenvalue weighted by Crippen LogP contribution is -2.58. The van der Waals surface area contributed by atoms with Crippen LogP contribution in [0.2, 0.25) is 0 Å². The number of primary amides is 1. The fourth-order valence-electron chi connectivity index (χ4n) is 5.79. The number of halogens is 3. The van der Waals surface area contributed by atoms with Gasteiger partial charge in [0.1, 0.15) is 6.04 Å². The summed E-state index contributed by atoms with van der Waals surface area (Å²) in [7, 11) is -3.95. The molecule has 0 bridgehead atoms. The Hall–Kier alpha value is -4.32. The molecule has 7 N–H and O–H groups in total. The number of benzene rings is 2. The zero-order valence-corrected chi connectivity index (χ0v) is 29.4. The van der Waals surface area contributed by atoms with Crippen molar-refractivity contribution in [1.29, 1.82) is 0 Å². The van der Waals surface area contributed by atoms with Crippen molar-refractivity contribution in [2.75, 3.05) is 19.7 Å². The summed E-state index contributed by atoms with van der Waals surface area (Å²) in [5.41, 5.74) is 11.5. The van der Waals surface area contributed by atoms with Gasteiger partial charge in [0, 0.05) is 18.7 Å². The van der Waals surface area contributed by atoms with Crippen LogP contribution < -0.4 is 21.5 Å². The van der Waals surface area contributed by atoms with Gasteiger partial charge in [-0.1, -0.05) is 61.7 Å². The van der Waals surface area contributed by atoms with Gasteiger partial charge in [-0.05, 0) is 62.4 Å². The van der Waals surface area contributed by atoms with Gasteiger partial charge in [-0.15, -0.1) is 0 Å². The van der Waals surface area contributed by atoms with Crippen molar-refractivity contribution < 1.29 is 50.6 Å². The van der Waals surface area contributed by atoms with Crippen LogP contribution in [0.15, 0.2) is 60.2 Å². The predicted molar refractivity (Wildman–Crippen MR) is 182 cm³/mol. The van der Waals surface area contributed by atoms with E-state index in [4.69, 9.17) is 26.1 Å².